The Morgan fingerprint density at radius 2 is 2.16 bits per heavy atom. The van der Waals surface area contributed by atoms with Crippen LogP contribution in [0.25, 0.3) is 0 Å². The molecule has 0 saturated carbocycles. The summed E-state index contributed by atoms with van der Waals surface area (Å²) in [6, 6.07) is 6.79. The monoisotopic (exact) mass is 381 g/mol. The number of carbonyl (C=O) groups is 2. The summed E-state index contributed by atoms with van der Waals surface area (Å²) >= 11 is 7.74. The van der Waals surface area contributed by atoms with Crippen LogP contribution in [-0.4, -0.2) is 46.8 Å². The van der Waals surface area contributed by atoms with Gasteiger partial charge in [-0.3, -0.25) is 9.48 Å². The van der Waals surface area contributed by atoms with E-state index < -0.39 is 12.0 Å². The highest BCUT2D eigenvalue weighted by Gasteiger charge is 2.22. The van der Waals surface area contributed by atoms with Gasteiger partial charge < -0.3 is 10.1 Å². The minimum atomic E-state index is -0.670. The summed E-state index contributed by atoms with van der Waals surface area (Å²) in [4.78, 5) is 24.2. The molecule has 0 spiro atoms. The molecule has 0 bridgehead atoms. The Morgan fingerprint density at radius 1 is 1.40 bits per heavy atom. The van der Waals surface area contributed by atoms with Gasteiger partial charge in [0.1, 0.15) is 6.04 Å². The van der Waals surface area contributed by atoms with Crippen molar-refractivity contribution >= 4 is 35.2 Å². The van der Waals surface area contributed by atoms with Crippen molar-refractivity contribution in [2.45, 2.75) is 19.0 Å². The van der Waals surface area contributed by atoms with Crippen molar-refractivity contribution < 1.29 is 14.3 Å². The predicted molar refractivity (Wildman–Crippen MR) is 99.1 cm³/mol. The molecule has 1 aromatic heterocycles. The third-order valence-corrected chi connectivity index (χ3v) is 4.60. The maximum atomic E-state index is 12.4. The van der Waals surface area contributed by atoms with Crippen LogP contribution in [0, 0.1) is 0 Å². The van der Waals surface area contributed by atoms with Crippen molar-refractivity contribution in [1.82, 2.24) is 15.1 Å². The SMILES string of the molecule is COC(=O)[C@@H](CCSC)NC(=O)c1cnn(Cc2ccccc2Cl)c1. The van der Waals surface area contributed by atoms with Crippen molar-refractivity contribution in [3.63, 3.8) is 0 Å². The van der Waals surface area contributed by atoms with E-state index in [2.05, 4.69) is 10.4 Å². The van der Waals surface area contributed by atoms with Gasteiger partial charge in [-0.05, 0) is 30.1 Å². The molecular formula is C17H20ClN3O3S. The Labute approximate surface area is 155 Å². The van der Waals surface area contributed by atoms with Crippen LogP contribution in [0.1, 0.15) is 22.3 Å². The molecule has 1 aromatic carbocycles. The average molecular weight is 382 g/mol. The van der Waals surface area contributed by atoms with Gasteiger partial charge >= 0.3 is 5.97 Å². The second kappa shape index (κ2) is 9.48. The summed E-state index contributed by atoms with van der Waals surface area (Å²) in [5, 5.41) is 7.53. The molecule has 0 saturated heterocycles. The predicted octanol–water partition coefficient (Wildman–Crippen LogP) is 2.61. The molecule has 1 atom stereocenters. The van der Waals surface area contributed by atoms with E-state index in [0.717, 1.165) is 11.3 Å². The summed E-state index contributed by atoms with van der Waals surface area (Å²) in [5.41, 5.74) is 1.29. The van der Waals surface area contributed by atoms with Gasteiger partial charge in [-0.25, -0.2) is 4.79 Å². The van der Waals surface area contributed by atoms with Gasteiger partial charge in [-0.2, -0.15) is 16.9 Å². The number of ether oxygens (including phenoxy) is 1. The molecule has 1 amide bonds. The van der Waals surface area contributed by atoms with Crippen LogP contribution < -0.4 is 5.32 Å². The molecule has 1 heterocycles. The van der Waals surface area contributed by atoms with Crippen molar-refractivity contribution in [3.05, 3.63) is 52.8 Å². The second-order valence-corrected chi connectivity index (χ2v) is 6.74. The quantitative estimate of drug-likeness (QED) is 0.711. The number of carbonyl (C=O) groups excluding carboxylic acids is 2. The van der Waals surface area contributed by atoms with Gasteiger partial charge in [0.2, 0.25) is 0 Å². The fourth-order valence-electron chi connectivity index (χ4n) is 2.24. The number of rotatable bonds is 8. The van der Waals surface area contributed by atoms with Gasteiger partial charge in [0.25, 0.3) is 5.91 Å². The summed E-state index contributed by atoms with van der Waals surface area (Å²) in [6.07, 6.45) is 5.54. The standard InChI is InChI=1S/C17H20ClN3O3S/c1-24-17(23)15(7-8-25-2)20-16(22)13-9-19-21(11-13)10-12-5-3-4-6-14(12)18/h3-6,9,11,15H,7-8,10H2,1-2H3,(H,20,22)/t15-/m1/s1. The van der Waals surface area contributed by atoms with Crippen LogP contribution in [0.5, 0.6) is 0 Å². The lowest BCUT2D eigenvalue weighted by Gasteiger charge is -2.15. The molecule has 6 nitrogen and oxygen atoms in total. The number of halogens is 1. The highest BCUT2D eigenvalue weighted by molar-refractivity contribution is 7.98. The number of nitrogens with zero attached hydrogens (tertiary/aromatic N) is 2. The minimum absolute atomic E-state index is 0.359. The van der Waals surface area contributed by atoms with E-state index >= 15 is 0 Å². The van der Waals surface area contributed by atoms with Crippen LogP contribution in [0.2, 0.25) is 5.02 Å². The number of thioether (sulfide) groups is 1. The zero-order valence-electron chi connectivity index (χ0n) is 14.1. The van der Waals surface area contributed by atoms with E-state index in [4.69, 9.17) is 16.3 Å². The lowest BCUT2D eigenvalue weighted by molar-refractivity contribution is -0.142. The van der Waals surface area contributed by atoms with E-state index in [-0.39, 0.29) is 5.91 Å². The van der Waals surface area contributed by atoms with Crippen molar-refractivity contribution in [3.8, 4) is 0 Å². The lowest BCUT2D eigenvalue weighted by atomic mass is 10.2. The summed E-state index contributed by atoms with van der Waals surface area (Å²) in [6.45, 7) is 0.458. The second-order valence-electron chi connectivity index (χ2n) is 5.35. The molecule has 8 heteroatoms. The Morgan fingerprint density at radius 3 is 2.84 bits per heavy atom. The smallest absolute Gasteiger partial charge is 0.328 e. The highest BCUT2D eigenvalue weighted by atomic mass is 35.5. The first kappa shape index (κ1) is 19.3. The Kier molecular flexibility index (Phi) is 7.33. The molecule has 0 fully saturated rings. The third kappa shape index (κ3) is 5.51. The average Bonchev–Trinajstić information content (AvgIpc) is 3.08. The van der Waals surface area contributed by atoms with Crippen molar-refractivity contribution in [2.24, 2.45) is 0 Å². The fraction of sp³-hybridized carbons (Fsp3) is 0.353. The zero-order valence-corrected chi connectivity index (χ0v) is 15.6. The maximum absolute atomic E-state index is 12.4. The molecule has 1 N–H and O–H groups in total. The van der Waals surface area contributed by atoms with E-state index in [0.29, 0.717) is 23.6 Å². The topological polar surface area (TPSA) is 73.2 Å². The van der Waals surface area contributed by atoms with Crippen molar-refractivity contribution in [1.29, 1.82) is 0 Å². The van der Waals surface area contributed by atoms with Gasteiger partial charge in [-0.15, -0.1) is 0 Å². The molecule has 134 valence electrons. The van der Waals surface area contributed by atoms with Gasteiger partial charge in [0, 0.05) is 11.2 Å². The van der Waals surface area contributed by atoms with Crippen LogP contribution in [0.4, 0.5) is 0 Å². The summed E-state index contributed by atoms with van der Waals surface area (Å²) < 4.78 is 6.38. The zero-order chi connectivity index (χ0) is 18.2. The number of methoxy groups -OCH3 is 1. The number of hydrogen-bond acceptors (Lipinski definition) is 5. The van der Waals surface area contributed by atoms with Crippen molar-refractivity contribution in [2.75, 3.05) is 19.1 Å². The van der Waals surface area contributed by atoms with E-state index in [1.165, 1.54) is 13.3 Å². The Bertz CT molecular complexity index is 735. The molecule has 0 aliphatic rings. The number of aromatic nitrogens is 2. The third-order valence-electron chi connectivity index (χ3n) is 3.59. The van der Waals surface area contributed by atoms with E-state index in [1.807, 2.05) is 24.5 Å². The first-order chi connectivity index (χ1) is 12.0. The van der Waals surface area contributed by atoms with E-state index in [9.17, 15) is 9.59 Å². The molecular weight excluding hydrogens is 362 g/mol. The number of hydrogen-bond donors (Lipinski definition) is 1. The molecule has 0 radical (unpaired) electrons. The molecule has 0 unspecified atom stereocenters. The molecule has 2 rings (SSSR count). The van der Waals surface area contributed by atoms with Gasteiger partial charge in [0.05, 0.1) is 25.4 Å². The number of benzene rings is 1. The Hall–Kier alpha value is -1.99. The summed E-state index contributed by atoms with van der Waals surface area (Å²) in [5.74, 6) is -0.0704. The lowest BCUT2D eigenvalue weighted by Crippen LogP contribution is -2.41. The van der Waals surface area contributed by atoms with Crippen LogP contribution in [0.3, 0.4) is 0 Å². The Balaban J connectivity index is 2.03. The molecule has 25 heavy (non-hydrogen) atoms. The van der Waals surface area contributed by atoms with Crippen LogP contribution in [-0.2, 0) is 16.1 Å². The first-order valence-corrected chi connectivity index (χ1v) is 9.45. The highest BCUT2D eigenvalue weighted by Crippen LogP contribution is 2.16. The largest absolute Gasteiger partial charge is 0.467 e. The normalized spacial score (nSPS) is 11.8. The van der Waals surface area contributed by atoms with Crippen LogP contribution in [0.15, 0.2) is 36.7 Å². The summed E-state index contributed by atoms with van der Waals surface area (Å²) in [7, 11) is 1.31. The molecule has 2 aromatic rings. The maximum Gasteiger partial charge on any atom is 0.328 e. The fourth-order valence-corrected chi connectivity index (χ4v) is 2.90. The minimum Gasteiger partial charge on any atom is -0.467 e. The van der Waals surface area contributed by atoms with E-state index in [1.54, 1.807) is 28.7 Å². The van der Waals surface area contributed by atoms with Crippen LogP contribution >= 0.6 is 23.4 Å². The number of esters is 1. The molecule has 0 aliphatic heterocycles. The van der Waals surface area contributed by atoms with Gasteiger partial charge in [0.15, 0.2) is 0 Å². The molecule has 0 aliphatic carbocycles. The first-order valence-electron chi connectivity index (χ1n) is 7.68. The van der Waals surface area contributed by atoms with Gasteiger partial charge in [-0.1, -0.05) is 29.8 Å². The number of amides is 1. The number of nitrogens with one attached hydrogen (secondary N) is 1.